The predicted molar refractivity (Wildman–Crippen MR) is 55.5 cm³/mol. The van der Waals surface area contributed by atoms with E-state index >= 15 is 0 Å². The smallest absolute Gasteiger partial charge is 0.303 e. The molecule has 5 heteroatoms. The maximum absolute atomic E-state index is 11.0. The van der Waals surface area contributed by atoms with Gasteiger partial charge in [0.1, 0.15) is 0 Å². The normalized spacial score (nSPS) is 9.67. The van der Waals surface area contributed by atoms with Crippen molar-refractivity contribution >= 4 is 11.9 Å². The zero-order chi connectivity index (χ0) is 11.7. The minimum Gasteiger partial charge on any atom is -0.481 e. The second kappa shape index (κ2) is 7.99. The summed E-state index contributed by atoms with van der Waals surface area (Å²) < 4.78 is 5.14. The van der Waals surface area contributed by atoms with E-state index in [2.05, 4.69) is 11.9 Å². The Kier molecular flexibility index (Phi) is 7.27. The molecule has 0 aliphatic carbocycles. The molecule has 0 aliphatic heterocycles. The summed E-state index contributed by atoms with van der Waals surface area (Å²) in [6.07, 6.45) is -0.131. The number of ether oxygens (including phenoxy) is 1. The highest BCUT2D eigenvalue weighted by atomic mass is 16.5. The van der Waals surface area contributed by atoms with E-state index < -0.39 is 5.97 Å². The zero-order valence-corrected chi connectivity index (χ0v) is 8.91. The first-order chi connectivity index (χ1) is 7.02. The van der Waals surface area contributed by atoms with Crippen LogP contribution in [0.5, 0.6) is 0 Å². The van der Waals surface area contributed by atoms with E-state index in [1.54, 1.807) is 0 Å². The van der Waals surface area contributed by atoms with Crippen molar-refractivity contribution in [1.29, 1.82) is 0 Å². The monoisotopic (exact) mass is 215 g/mol. The molecule has 0 radical (unpaired) electrons. The Hall–Kier alpha value is -1.36. The summed E-state index contributed by atoms with van der Waals surface area (Å²) in [5.74, 6) is -1.24. The lowest BCUT2D eigenvalue weighted by Gasteiger charge is -2.05. The molecule has 86 valence electrons. The van der Waals surface area contributed by atoms with Crippen LogP contribution in [0.15, 0.2) is 12.2 Å². The predicted octanol–water partition coefficient (Wildman–Crippen LogP) is 0.560. The number of carbonyl (C=O) groups excluding carboxylic acids is 1. The SMILES string of the molecule is C=C(C)COCCNC(=O)CCC(=O)O. The van der Waals surface area contributed by atoms with Crippen LogP contribution in [-0.4, -0.2) is 36.7 Å². The molecule has 15 heavy (non-hydrogen) atoms. The number of carbonyl (C=O) groups is 2. The molecule has 0 bridgehead atoms. The number of hydrogen-bond acceptors (Lipinski definition) is 3. The molecule has 0 aliphatic rings. The van der Waals surface area contributed by atoms with Gasteiger partial charge in [0.25, 0.3) is 0 Å². The van der Waals surface area contributed by atoms with Crippen LogP contribution in [-0.2, 0) is 14.3 Å². The van der Waals surface area contributed by atoms with Gasteiger partial charge >= 0.3 is 5.97 Å². The van der Waals surface area contributed by atoms with Gasteiger partial charge < -0.3 is 15.2 Å². The first-order valence-corrected chi connectivity index (χ1v) is 4.73. The van der Waals surface area contributed by atoms with Crippen molar-refractivity contribution in [2.45, 2.75) is 19.8 Å². The number of aliphatic carboxylic acids is 1. The Morgan fingerprint density at radius 3 is 2.60 bits per heavy atom. The quantitative estimate of drug-likeness (QED) is 0.458. The van der Waals surface area contributed by atoms with E-state index in [4.69, 9.17) is 9.84 Å². The van der Waals surface area contributed by atoms with E-state index in [-0.39, 0.29) is 18.7 Å². The molecule has 5 nitrogen and oxygen atoms in total. The number of carboxylic acid groups (broad SMARTS) is 1. The van der Waals surface area contributed by atoms with Gasteiger partial charge in [-0.05, 0) is 6.92 Å². The number of hydrogen-bond donors (Lipinski definition) is 2. The van der Waals surface area contributed by atoms with Crippen molar-refractivity contribution in [2.75, 3.05) is 19.8 Å². The number of amides is 1. The van der Waals surface area contributed by atoms with Crippen molar-refractivity contribution in [3.63, 3.8) is 0 Å². The maximum Gasteiger partial charge on any atom is 0.303 e. The summed E-state index contributed by atoms with van der Waals surface area (Å²) in [5, 5.41) is 10.9. The van der Waals surface area contributed by atoms with Crippen molar-refractivity contribution in [1.82, 2.24) is 5.32 Å². The van der Waals surface area contributed by atoms with E-state index in [9.17, 15) is 9.59 Å². The van der Waals surface area contributed by atoms with Gasteiger partial charge in [0.15, 0.2) is 0 Å². The van der Waals surface area contributed by atoms with E-state index in [1.807, 2.05) is 6.92 Å². The minimum atomic E-state index is -0.969. The molecule has 0 spiro atoms. The molecular weight excluding hydrogens is 198 g/mol. The topological polar surface area (TPSA) is 75.6 Å². The second-order valence-electron chi connectivity index (χ2n) is 3.25. The van der Waals surface area contributed by atoms with Gasteiger partial charge in [-0.25, -0.2) is 0 Å². The summed E-state index contributed by atoms with van der Waals surface area (Å²) >= 11 is 0. The molecule has 0 saturated carbocycles. The summed E-state index contributed by atoms with van der Waals surface area (Å²) in [6, 6.07) is 0. The third-order valence-corrected chi connectivity index (χ3v) is 1.48. The standard InChI is InChI=1S/C10H17NO4/c1-8(2)7-15-6-5-11-9(12)3-4-10(13)14/h1,3-7H2,2H3,(H,11,12)(H,13,14). The van der Waals surface area contributed by atoms with Crippen LogP contribution < -0.4 is 5.32 Å². The molecule has 0 saturated heterocycles. The molecular formula is C10H17NO4. The Bertz CT molecular complexity index is 238. The van der Waals surface area contributed by atoms with Crippen LogP contribution in [0.2, 0.25) is 0 Å². The van der Waals surface area contributed by atoms with Crippen LogP contribution >= 0.6 is 0 Å². The fourth-order valence-electron chi connectivity index (χ4n) is 0.818. The van der Waals surface area contributed by atoms with Crippen LogP contribution in [0.4, 0.5) is 0 Å². The molecule has 0 aromatic rings. The van der Waals surface area contributed by atoms with Crippen LogP contribution in [0.25, 0.3) is 0 Å². The van der Waals surface area contributed by atoms with Gasteiger partial charge in [-0.3, -0.25) is 9.59 Å². The molecule has 0 aromatic carbocycles. The zero-order valence-electron chi connectivity index (χ0n) is 8.91. The lowest BCUT2D eigenvalue weighted by atomic mass is 10.3. The highest BCUT2D eigenvalue weighted by Gasteiger charge is 2.03. The van der Waals surface area contributed by atoms with Gasteiger partial charge in [-0.2, -0.15) is 0 Å². The van der Waals surface area contributed by atoms with Crippen LogP contribution in [0, 0.1) is 0 Å². The van der Waals surface area contributed by atoms with Crippen molar-refractivity contribution in [3.05, 3.63) is 12.2 Å². The van der Waals surface area contributed by atoms with E-state index in [0.29, 0.717) is 19.8 Å². The molecule has 0 rings (SSSR count). The van der Waals surface area contributed by atoms with Gasteiger partial charge in [0.2, 0.25) is 5.91 Å². The fourth-order valence-corrected chi connectivity index (χ4v) is 0.818. The first-order valence-electron chi connectivity index (χ1n) is 4.73. The lowest BCUT2D eigenvalue weighted by molar-refractivity contribution is -0.138. The van der Waals surface area contributed by atoms with Crippen molar-refractivity contribution in [2.24, 2.45) is 0 Å². The number of carboxylic acids is 1. The Labute approximate surface area is 89.1 Å². The van der Waals surface area contributed by atoms with E-state index in [1.165, 1.54) is 0 Å². The van der Waals surface area contributed by atoms with Crippen LogP contribution in [0.3, 0.4) is 0 Å². The summed E-state index contributed by atoms with van der Waals surface area (Å²) in [5.41, 5.74) is 0.923. The molecule has 1 amide bonds. The largest absolute Gasteiger partial charge is 0.481 e. The molecule has 0 atom stereocenters. The highest BCUT2D eigenvalue weighted by molar-refractivity contribution is 5.80. The lowest BCUT2D eigenvalue weighted by Crippen LogP contribution is -2.27. The number of nitrogens with one attached hydrogen (secondary N) is 1. The highest BCUT2D eigenvalue weighted by Crippen LogP contribution is 1.89. The molecule has 0 heterocycles. The first kappa shape index (κ1) is 13.6. The number of rotatable bonds is 8. The summed E-state index contributed by atoms with van der Waals surface area (Å²) in [6.45, 7) is 6.79. The van der Waals surface area contributed by atoms with Gasteiger partial charge in [-0.1, -0.05) is 12.2 Å². The minimum absolute atomic E-state index is 0.00974. The molecule has 2 N–H and O–H groups in total. The summed E-state index contributed by atoms with van der Waals surface area (Å²) in [4.78, 5) is 21.1. The third kappa shape index (κ3) is 10.6. The Morgan fingerprint density at radius 2 is 2.07 bits per heavy atom. The Morgan fingerprint density at radius 1 is 1.40 bits per heavy atom. The second-order valence-corrected chi connectivity index (χ2v) is 3.25. The maximum atomic E-state index is 11.0. The molecule has 0 unspecified atom stereocenters. The fraction of sp³-hybridized carbons (Fsp3) is 0.600. The van der Waals surface area contributed by atoms with Gasteiger partial charge in [-0.15, -0.1) is 0 Å². The third-order valence-electron chi connectivity index (χ3n) is 1.48. The van der Waals surface area contributed by atoms with Crippen LogP contribution in [0.1, 0.15) is 19.8 Å². The summed E-state index contributed by atoms with van der Waals surface area (Å²) in [7, 11) is 0. The van der Waals surface area contributed by atoms with Gasteiger partial charge in [0, 0.05) is 13.0 Å². The average Bonchev–Trinajstić information content (AvgIpc) is 2.13. The Balaban J connectivity index is 3.31. The van der Waals surface area contributed by atoms with Crippen molar-refractivity contribution in [3.8, 4) is 0 Å². The van der Waals surface area contributed by atoms with E-state index in [0.717, 1.165) is 5.57 Å². The van der Waals surface area contributed by atoms with Crippen molar-refractivity contribution < 1.29 is 19.4 Å². The average molecular weight is 215 g/mol. The molecule has 0 fully saturated rings. The molecule has 0 aromatic heterocycles. The van der Waals surface area contributed by atoms with Gasteiger partial charge in [0.05, 0.1) is 19.6 Å².